The minimum atomic E-state index is -0.926. The molecule has 1 fully saturated rings. The van der Waals surface area contributed by atoms with Crippen molar-refractivity contribution in [3.05, 3.63) is 83.3 Å². The summed E-state index contributed by atoms with van der Waals surface area (Å²) in [6.07, 6.45) is 6.23. The maximum Gasteiger partial charge on any atom is 0.247 e. The number of fused-ring (bicyclic) bond motifs is 1. The number of amides is 2. The Labute approximate surface area is 232 Å². The molecule has 0 spiro atoms. The topological polar surface area (TPSA) is 97.3 Å². The first kappa shape index (κ1) is 27.9. The Bertz CT molecular complexity index is 1350. The normalized spacial score (nSPS) is 18.6. The Hall–Kier alpha value is -3.63. The number of anilines is 1. The van der Waals surface area contributed by atoms with E-state index in [1.807, 2.05) is 30.3 Å². The predicted molar refractivity (Wildman–Crippen MR) is 147 cm³/mol. The molecule has 10 heteroatoms. The smallest absolute Gasteiger partial charge is 0.247 e. The molecule has 0 saturated carbocycles. The minimum absolute atomic E-state index is 0.0696. The summed E-state index contributed by atoms with van der Waals surface area (Å²) in [4.78, 5) is 31.0. The van der Waals surface area contributed by atoms with E-state index in [9.17, 15) is 18.4 Å². The van der Waals surface area contributed by atoms with E-state index in [-0.39, 0.29) is 23.9 Å². The Kier molecular flexibility index (Phi) is 8.27. The highest BCUT2D eigenvalue weighted by Crippen LogP contribution is 2.28. The van der Waals surface area contributed by atoms with Crippen LogP contribution in [0.2, 0.25) is 0 Å². The Morgan fingerprint density at radius 1 is 1.07 bits per heavy atom. The van der Waals surface area contributed by atoms with E-state index in [0.29, 0.717) is 49.4 Å². The number of benzene rings is 2. The first-order chi connectivity index (χ1) is 19.2. The summed E-state index contributed by atoms with van der Waals surface area (Å²) < 4.78 is 35.2. The second-order valence-corrected chi connectivity index (χ2v) is 11.0. The number of aromatic nitrogens is 2. The summed E-state index contributed by atoms with van der Waals surface area (Å²) in [5.74, 6) is -1.28. The molecule has 0 bridgehead atoms. The summed E-state index contributed by atoms with van der Waals surface area (Å²) in [5, 5.41) is 9.36. The lowest BCUT2D eigenvalue weighted by molar-refractivity contribution is -0.129. The van der Waals surface area contributed by atoms with Gasteiger partial charge in [0.25, 0.3) is 0 Å². The van der Waals surface area contributed by atoms with Crippen molar-refractivity contribution in [1.82, 2.24) is 20.2 Å². The van der Waals surface area contributed by atoms with Crippen LogP contribution in [0.5, 0.6) is 0 Å². The Morgan fingerprint density at radius 2 is 1.82 bits per heavy atom. The number of nitrogens with one attached hydrogen (secondary N) is 3. The number of carbonyl (C=O) groups excluding carboxylic acids is 2. The molecule has 1 saturated heterocycles. The van der Waals surface area contributed by atoms with E-state index in [4.69, 9.17) is 4.74 Å². The maximum absolute atomic E-state index is 14.5. The highest BCUT2D eigenvalue weighted by atomic mass is 19.1. The number of hydrogen-bond acceptors (Lipinski definition) is 5. The maximum atomic E-state index is 14.5. The summed E-state index contributed by atoms with van der Waals surface area (Å²) in [6.45, 7) is 4.86. The van der Waals surface area contributed by atoms with Crippen LogP contribution in [0.3, 0.4) is 0 Å². The molecule has 0 radical (unpaired) electrons. The third-order valence-corrected chi connectivity index (χ3v) is 7.85. The van der Waals surface area contributed by atoms with Gasteiger partial charge < -0.3 is 19.9 Å². The summed E-state index contributed by atoms with van der Waals surface area (Å²) in [7, 11) is 0. The second kappa shape index (κ2) is 11.9. The number of halogens is 2. The third-order valence-electron chi connectivity index (χ3n) is 7.85. The Balaban J connectivity index is 1.29. The lowest BCUT2D eigenvalue weighted by Gasteiger charge is -2.30. The zero-order chi connectivity index (χ0) is 28.3. The molecule has 5 rings (SSSR count). The van der Waals surface area contributed by atoms with Gasteiger partial charge in [0, 0.05) is 37.6 Å². The fraction of sp³-hybridized carbons (Fsp3) is 0.433. The summed E-state index contributed by atoms with van der Waals surface area (Å²) in [6, 6.07) is 10.7. The number of aryl methyl sites for hydroxylation is 1. The van der Waals surface area contributed by atoms with E-state index in [0.717, 1.165) is 24.5 Å². The first-order valence-corrected chi connectivity index (χ1v) is 13.7. The monoisotopic (exact) mass is 551 g/mol. The Morgan fingerprint density at radius 3 is 2.58 bits per heavy atom. The fourth-order valence-electron chi connectivity index (χ4n) is 5.35. The van der Waals surface area contributed by atoms with Crippen LogP contribution in [0.4, 0.5) is 14.6 Å². The van der Waals surface area contributed by atoms with Crippen LogP contribution in [0.25, 0.3) is 0 Å². The van der Waals surface area contributed by atoms with Crippen molar-refractivity contribution in [3.8, 4) is 0 Å². The van der Waals surface area contributed by atoms with Gasteiger partial charge in [0.1, 0.15) is 23.2 Å². The highest BCUT2D eigenvalue weighted by Gasteiger charge is 2.33. The predicted octanol–water partition coefficient (Wildman–Crippen LogP) is 4.02. The lowest BCUT2D eigenvalue weighted by Crippen LogP contribution is -2.49. The number of rotatable bonds is 8. The van der Waals surface area contributed by atoms with Gasteiger partial charge in [-0.05, 0) is 68.7 Å². The van der Waals surface area contributed by atoms with Crippen molar-refractivity contribution in [1.29, 1.82) is 0 Å². The van der Waals surface area contributed by atoms with Crippen LogP contribution < -0.4 is 16.0 Å². The number of carbonyl (C=O) groups is 2. The van der Waals surface area contributed by atoms with Gasteiger partial charge in [-0.2, -0.15) is 0 Å². The van der Waals surface area contributed by atoms with Crippen LogP contribution >= 0.6 is 0 Å². The van der Waals surface area contributed by atoms with Crippen LogP contribution in [-0.2, 0) is 32.7 Å². The zero-order valence-corrected chi connectivity index (χ0v) is 22.8. The van der Waals surface area contributed by atoms with Crippen LogP contribution in [0.1, 0.15) is 55.8 Å². The minimum Gasteiger partial charge on any atom is -0.381 e. The first-order valence-electron chi connectivity index (χ1n) is 13.7. The molecule has 212 valence electrons. The van der Waals surface area contributed by atoms with E-state index < -0.39 is 23.2 Å². The van der Waals surface area contributed by atoms with E-state index in [2.05, 4.69) is 20.9 Å². The average Bonchev–Trinajstić information content (AvgIpc) is 3.42. The molecule has 2 heterocycles. The van der Waals surface area contributed by atoms with Crippen molar-refractivity contribution in [2.24, 2.45) is 0 Å². The molecule has 3 aromatic rings. The van der Waals surface area contributed by atoms with Crippen LogP contribution in [0.15, 0.2) is 55.0 Å². The van der Waals surface area contributed by atoms with Crippen molar-refractivity contribution < 1.29 is 23.1 Å². The molecule has 2 atom stereocenters. The van der Waals surface area contributed by atoms with Gasteiger partial charge in [-0.25, -0.2) is 13.8 Å². The molecule has 1 aliphatic heterocycles. The van der Waals surface area contributed by atoms with Gasteiger partial charge in [0.05, 0.1) is 6.33 Å². The molecular formula is C30H35F2N5O3. The van der Waals surface area contributed by atoms with Gasteiger partial charge in [-0.15, -0.1) is 0 Å². The van der Waals surface area contributed by atoms with Crippen LogP contribution in [-0.4, -0.2) is 46.7 Å². The molecule has 1 aromatic heterocycles. The summed E-state index contributed by atoms with van der Waals surface area (Å²) >= 11 is 0. The lowest BCUT2D eigenvalue weighted by atomic mass is 9.87. The zero-order valence-electron chi connectivity index (χ0n) is 22.8. The molecule has 1 unspecified atom stereocenters. The van der Waals surface area contributed by atoms with Crippen molar-refractivity contribution in [2.45, 2.75) is 69.6 Å². The van der Waals surface area contributed by atoms with Crippen molar-refractivity contribution >= 4 is 17.6 Å². The fourth-order valence-corrected chi connectivity index (χ4v) is 5.35. The number of hydrogen-bond donors (Lipinski definition) is 3. The molecule has 2 aliphatic rings. The molecule has 2 amide bonds. The van der Waals surface area contributed by atoms with E-state index in [1.54, 1.807) is 24.6 Å². The SMILES string of the molecule is CC(C)(C(=O)NC1CCOCC1)n1cnc(NC(=O)[C@@H](NC2CCc3cc(F)cc(F)c3C2)c2ccccc2)c1. The molecule has 8 nitrogen and oxygen atoms in total. The van der Waals surface area contributed by atoms with Gasteiger partial charge in [-0.3, -0.25) is 14.9 Å². The van der Waals surface area contributed by atoms with Gasteiger partial charge >= 0.3 is 0 Å². The molecular weight excluding hydrogens is 516 g/mol. The average molecular weight is 552 g/mol. The van der Waals surface area contributed by atoms with Gasteiger partial charge in [0.15, 0.2) is 5.82 Å². The number of nitrogens with zero attached hydrogens (tertiary/aromatic N) is 2. The third kappa shape index (κ3) is 6.23. The van der Waals surface area contributed by atoms with Gasteiger partial charge in [-0.1, -0.05) is 30.3 Å². The molecule has 2 aromatic carbocycles. The standard InChI is InChI=1S/C30H35F2N5O3/c1-30(2,29(39)35-22-10-12-40-13-11-22)37-17-26(33-18-37)36-28(38)27(19-6-4-3-5-7-19)34-23-9-8-20-14-21(31)15-25(32)24(20)16-23/h3-7,14-15,17-18,22-23,27,34H,8-13,16H2,1-2H3,(H,35,39)(H,36,38)/t23?,27-/m0/s1. The van der Waals surface area contributed by atoms with Crippen LogP contribution in [0, 0.1) is 11.6 Å². The number of ether oxygens (including phenoxy) is 1. The van der Waals surface area contributed by atoms with Crippen molar-refractivity contribution in [3.63, 3.8) is 0 Å². The largest absolute Gasteiger partial charge is 0.381 e. The quantitative estimate of drug-likeness (QED) is 0.393. The molecule has 1 aliphatic carbocycles. The van der Waals surface area contributed by atoms with Crippen molar-refractivity contribution in [2.75, 3.05) is 18.5 Å². The van der Waals surface area contributed by atoms with Gasteiger partial charge in [0.2, 0.25) is 11.8 Å². The number of imidazole rings is 1. The molecule has 3 N–H and O–H groups in total. The van der Waals surface area contributed by atoms with E-state index in [1.165, 1.54) is 12.4 Å². The van der Waals surface area contributed by atoms with E-state index >= 15 is 0 Å². The molecule has 40 heavy (non-hydrogen) atoms. The second-order valence-electron chi connectivity index (χ2n) is 11.0. The summed E-state index contributed by atoms with van der Waals surface area (Å²) in [5.41, 5.74) is 0.980. The highest BCUT2D eigenvalue weighted by molar-refractivity contribution is 5.95.